The predicted octanol–water partition coefficient (Wildman–Crippen LogP) is 2.43. The topological polar surface area (TPSA) is 58.6 Å². The number of aliphatic hydroxyl groups is 1. The highest BCUT2D eigenvalue weighted by Gasteiger charge is 2.33. The minimum absolute atomic E-state index is 0.00172. The summed E-state index contributed by atoms with van der Waals surface area (Å²) < 4.78 is 5.25. The molecule has 0 aromatic heterocycles. The van der Waals surface area contributed by atoms with Crippen LogP contribution in [0.5, 0.6) is 5.75 Å². The Kier molecular flexibility index (Phi) is 4.65. The second kappa shape index (κ2) is 6.27. The molecule has 1 aliphatic carbocycles. The summed E-state index contributed by atoms with van der Waals surface area (Å²) in [6, 6.07) is 5.42. The Bertz CT molecular complexity index is 479. The van der Waals surface area contributed by atoms with Crippen molar-refractivity contribution >= 4 is 5.91 Å². The predicted molar refractivity (Wildman–Crippen MR) is 78.1 cm³/mol. The molecule has 0 atom stereocenters. The van der Waals surface area contributed by atoms with Crippen molar-refractivity contribution in [3.8, 4) is 5.75 Å². The van der Waals surface area contributed by atoms with Gasteiger partial charge < -0.3 is 15.2 Å². The summed E-state index contributed by atoms with van der Waals surface area (Å²) in [6.45, 7) is 1.94. The molecular formula is C16H23NO3. The highest BCUT2D eigenvalue weighted by molar-refractivity contribution is 5.95. The summed E-state index contributed by atoms with van der Waals surface area (Å²) in [5, 5.41) is 12.7. The first-order valence-electron chi connectivity index (χ1n) is 7.18. The second-order valence-electron chi connectivity index (χ2n) is 5.64. The minimum Gasteiger partial charge on any atom is -0.496 e. The van der Waals surface area contributed by atoms with Crippen molar-refractivity contribution in [3.63, 3.8) is 0 Å². The van der Waals surface area contributed by atoms with Gasteiger partial charge in [-0.05, 0) is 37.5 Å². The van der Waals surface area contributed by atoms with Crippen LogP contribution < -0.4 is 10.1 Å². The van der Waals surface area contributed by atoms with Gasteiger partial charge in [0.25, 0.3) is 5.91 Å². The molecule has 1 saturated carbocycles. The minimum atomic E-state index is -0.451. The Labute approximate surface area is 120 Å². The van der Waals surface area contributed by atoms with Gasteiger partial charge in [0.15, 0.2) is 0 Å². The van der Waals surface area contributed by atoms with Crippen molar-refractivity contribution in [3.05, 3.63) is 29.3 Å². The number of hydrogen-bond donors (Lipinski definition) is 2. The summed E-state index contributed by atoms with van der Waals surface area (Å²) in [4.78, 5) is 12.4. The first-order chi connectivity index (χ1) is 9.60. The first kappa shape index (κ1) is 14.9. The molecule has 0 heterocycles. The van der Waals surface area contributed by atoms with Crippen molar-refractivity contribution in [1.82, 2.24) is 5.32 Å². The van der Waals surface area contributed by atoms with E-state index >= 15 is 0 Å². The zero-order chi connectivity index (χ0) is 14.6. The molecule has 1 aliphatic rings. The molecule has 1 amide bonds. The lowest BCUT2D eigenvalue weighted by Gasteiger charge is -2.36. The molecule has 2 rings (SSSR count). The molecule has 1 fully saturated rings. The average Bonchev–Trinajstić information content (AvgIpc) is 2.48. The van der Waals surface area contributed by atoms with E-state index in [2.05, 4.69) is 5.32 Å². The Hall–Kier alpha value is -1.55. The standard InChI is InChI=1S/C16H23NO3/c1-12-6-7-13(10-14(12)20-2)15(19)17-16(11-18)8-4-3-5-9-16/h6-7,10,18H,3-5,8-9,11H2,1-2H3,(H,17,19). The Morgan fingerprint density at radius 1 is 1.35 bits per heavy atom. The number of hydrogen-bond acceptors (Lipinski definition) is 3. The smallest absolute Gasteiger partial charge is 0.251 e. The number of carbonyl (C=O) groups excluding carboxylic acids is 1. The molecule has 0 saturated heterocycles. The van der Waals surface area contributed by atoms with Crippen molar-refractivity contribution in [1.29, 1.82) is 0 Å². The zero-order valence-corrected chi connectivity index (χ0v) is 12.2. The van der Waals surface area contributed by atoms with Crippen LogP contribution in [0.4, 0.5) is 0 Å². The molecule has 0 aliphatic heterocycles. The maximum atomic E-state index is 12.4. The van der Waals surface area contributed by atoms with Gasteiger partial charge in [0.2, 0.25) is 0 Å². The van der Waals surface area contributed by atoms with Gasteiger partial charge in [-0.3, -0.25) is 4.79 Å². The van der Waals surface area contributed by atoms with Crippen LogP contribution in [0.15, 0.2) is 18.2 Å². The quantitative estimate of drug-likeness (QED) is 0.888. The lowest BCUT2D eigenvalue weighted by molar-refractivity contribution is 0.0758. The normalized spacial score (nSPS) is 17.6. The number of methoxy groups -OCH3 is 1. The number of rotatable bonds is 4. The highest BCUT2D eigenvalue weighted by Crippen LogP contribution is 2.28. The van der Waals surface area contributed by atoms with Crippen LogP contribution in [0.25, 0.3) is 0 Å². The van der Waals surface area contributed by atoms with E-state index in [0.717, 1.165) is 31.2 Å². The van der Waals surface area contributed by atoms with Gasteiger partial charge in [-0.15, -0.1) is 0 Å². The summed E-state index contributed by atoms with van der Waals surface area (Å²) in [7, 11) is 1.60. The van der Waals surface area contributed by atoms with Gasteiger partial charge in [0, 0.05) is 5.56 Å². The third kappa shape index (κ3) is 3.12. The van der Waals surface area contributed by atoms with Gasteiger partial charge in [0.1, 0.15) is 5.75 Å². The molecule has 0 bridgehead atoms. The van der Waals surface area contributed by atoms with E-state index in [1.54, 1.807) is 19.2 Å². The number of benzene rings is 1. The monoisotopic (exact) mass is 277 g/mol. The molecular weight excluding hydrogens is 254 g/mol. The van der Waals surface area contributed by atoms with Crippen molar-refractivity contribution in [2.45, 2.75) is 44.6 Å². The van der Waals surface area contributed by atoms with Gasteiger partial charge in [-0.2, -0.15) is 0 Å². The van der Waals surface area contributed by atoms with Crippen LogP contribution in [-0.4, -0.2) is 30.3 Å². The van der Waals surface area contributed by atoms with E-state index in [1.807, 2.05) is 13.0 Å². The van der Waals surface area contributed by atoms with Crippen LogP contribution in [0.2, 0.25) is 0 Å². The van der Waals surface area contributed by atoms with E-state index in [4.69, 9.17) is 4.74 Å². The Morgan fingerprint density at radius 3 is 2.65 bits per heavy atom. The van der Waals surface area contributed by atoms with Crippen LogP contribution >= 0.6 is 0 Å². The third-order valence-electron chi connectivity index (χ3n) is 4.16. The maximum Gasteiger partial charge on any atom is 0.251 e. The molecule has 0 spiro atoms. The summed E-state index contributed by atoms with van der Waals surface area (Å²) in [5.74, 6) is 0.568. The number of nitrogens with one attached hydrogen (secondary N) is 1. The van der Waals surface area contributed by atoms with E-state index in [0.29, 0.717) is 11.3 Å². The molecule has 1 aromatic rings. The molecule has 2 N–H and O–H groups in total. The lowest BCUT2D eigenvalue weighted by Crippen LogP contribution is -2.52. The third-order valence-corrected chi connectivity index (χ3v) is 4.16. The summed E-state index contributed by atoms with van der Waals surface area (Å²) in [5.41, 5.74) is 1.12. The van der Waals surface area contributed by atoms with Crippen LogP contribution in [0.1, 0.15) is 48.0 Å². The molecule has 0 unspecified atom stereocenters. The average molecular weight is 277 g/mol. The lowest BCUT2D eigenvalue weighted by atomic mass is 9.82. The highest BCUT2D eigenvalue weighted by atomic mass is 16.5. The van der Waals surface area contributed by atoms with E-state index in [9.17, 15) is 9.90 Å². The number of amides is 1. The summed E-state index contributed by atoms with van der Waals surface area (Å²) >= 11 is 0. The fraction of sp³-hybridized carbons (Fsp3) is 0.562. The van der Waals surface area contributed by atoms with Gasteiger partial charge in [-0.1, -0.05) is 25.3 Å². The first-order valence-corrected chi connectivity index (χ1v) is 7.18. The van der Waals surface area contributed by atoms with Crippen molar-refractivity contribution in [2.75, 3.05) is 13.7 Å². The van der Waals surface area contributed by atoms with Crippen molar-refractivity contribution < 1.29 is 14.6 Å². The number of aryl methyl sites for hydroxylation is 1. The molecule has 20 heavy (non-hydrogen) atoms. The Morgan fingerprint density at radius 2 is 2.05 bits per heavy atom. The Balaban J connectivity index is 2.14. The molecule has 1 aromatic carbocycles. The van der Waals surface area contributed by atoms with E-state index in [-0.39, 0.29) is 12.5 Å². The van der Waals surface area contributed by atoms with Crippen LogP contribution in [0.3, 0.4) is 0 Å². The van der Waals surface area contributed by atoms with Gasteiger partial charge in [0.05, 0.1) is 19.3 Å². The van der Waals surface area contributed by atoms with E-state index < -0.39 is 5.54 Å². The molecule has 110 valence electrons. The molecule has 0 radical (unpaired) electrons. The molecule has 4 nitrogen and oxygen atoms in total. The fourth-order valence-electron chi connectivity index (χ4n) is 2.83. The SMILES string of the molecule is COc1cc(C(=O)NC2(CO)CCCCC2)ccc1C. The second-order valence-corrected chi connectivity index (χ2v) is 5.64. The fourth-order valence-corrected chi connectivity index (χ4v) is 2.83. The van der Waals surface area contributed by atoms with Crippen LogP contribution in [-0.2, 0) is 0 Å². The molecule has 4 heteroatoms. The zero-order valence-electron chi connectivity index (χ0n) is 12.2. The number of aliphatic hydroxyl groups excluding tert-OH is 1. The maximum absolute atomic E-state index is 12.4. The summed E-state index contributed by atoms with van der Waals surface area (Å²) in [6.07, 6.45) is 4.97. The van der Waals surface area contributed by atoms with Crippen molar-refractivity contribution in [2.24, 2.45) is 0 Å². The number of carbonyl (C=O) groups is 1. The largest absolute Gasteiger partial charge is 0.496 e. The van der Waals surface area contributed by atoms with Gasteiger partial charge in [-0.25, -0.2) is 0 Å². The van der Waals surface area contributed by atoms with Gasteiger partial charge >= 0.3 is 0 Å². The van der Waals surface area contributed by atoms with E-state index in [1.165, 1.54) is 6.42 Å². The number of ether oxygens (including phenoxy) is 1. The van der Waals surface area contributed by atoms with Crippen LogP contribution in [0, 0.1) is 6.92 Å².